The van der Waals surface area contributed by atoms with Gasteiger partial charge in [-0.2, -0.15) is 0 Å². The molecule has 0 spiro atoms. The van der Waals surface area contributed by atoms with Crippen LogP contribution in [0.3, 0.4) is 0 Å². The Morgan fingerprint density at radius 1 is 1.17 bits per heavy atom. The van der Waals surface area contributed by atoms with Crippen LogP contribution in [0.25, 0.3) is 17.2 Å². The van der Waals surface area contributed by atoms with Gasteiger partial charge in [0, 0.05) is 18.5 Å². The fourth-order valence-corrected chi connectivity index (χ4v) is 5.05. The number of aromatic nitrogens is 1. The van der Waals surface area contributed by atoms with E-state index in [1.54, 1.807) is 25.3 Å². The maximum atomic E-state index is 12.8. The third kappa shape index (κ3) is 6.21. The van der Waals surface area contributed by atoms with Crippen molar-refractivity contribution >= 4 is 75.0 Å². The lowest BCUT2D eigenvalue weighted by molar-refractivity contribution is -0.128. The van der Waals surface area contributed by atoms with Gasteiger partial charge in [-0.1, -0.05) is 66.1 Å². The summed E-state index contributed by atoms with van der Waals surface area (Å²) >= 11 is 7.59. The van der Waals surface area contributed by atoms with E-state index in [0.717, 1.165) is 17.3 Å². The molecule has 9 nitrogen and oxygen atoms in total. The van der Waals surface area contributed by atoms with Crippen molar-refractivity contribution in [3.63, 3.8) is 0 Å². The number of nitrogens with one attached hydrogen (secondary N) is 2. The Bertz CT molecular complexity index is 1290. The molecule has 1 fully saturated rings. The third-order valence-electron chi connectivity index (χ3n) is 4.80. The Hall–Kier alpha value is -3.35. The van der Waals surface area contributed by atoms with E-state index in [-0.39, 0.29) is 24.6 Å². The second-order valence-electron chi connectivity index (χ2n) is 7.16. The Balaban J connectivity index is 1.23. The number of methoxy groups -OCH3 is 1. The number of benzene rings is 2. The summed E-state index contributed by atoms with van der Waals surface area (Å²) in [4.78, 5) is 43.1. The van der Waals surface area contributed by atoms with E-state index in [9.17, 15) is 14.4 Å². The molecule has 180 valence electrons. The minimum absolute atomic E-state index is 0.00947. The zero-order valence-electron chi connectivity index (χ0n) is 18.5. The van der Waals surface area contributed by atoms with Gasteiger partial charge in [0.05, 0.1) is 17.8 Å². The largest absolute Gasteiger partial charge is 0.496 e. The van der Waals surface area contributed by atoms with Crippen molar-refractivity contribution in [3.8, 4) is 5.75 Å². The predicted octanol–water partition coefficient (Wildman–Crippen LogP) is 3.37. The smallest absolute Gasteiger partial charge is 0.266 e. The van der Waals surface area contributed by atoms with E-state index in [1.807, 2.05) is 36.4 Å². The second-order valence-corrected chi connectivity index (χ2v) is 9.76. The minimum Gasteiger partial charge on any atom is -0.496 e. The number of carbonyl (C=O) groups is 3. The lowest BCUT2D eigenvalue weighted by Gasteiger charge is -2.14. The molecular weight excluding hydrogens is 508 g/mol. The maximum absolute atomic E-state index is 12.8. The van der Waals surface area contributed by atoms with Crippen molar-refractivity contribution in [1.29, 1.82) is 0 Å². The first-order valence-electron chi connectivity index (χ1n) is 10.4. The molecule has 0 radical (unpaired) electrons. The van der Waals surface area contributed by atoms with Gasteiger partial charge in [0.1, 0.15) is 15.6 Å². The molecule has 1 aliphatic rings. The van der Waals surface area contributed by atoms with Crippen LogP contribution in [0, 0.1) is 0 Å². The SMILES string of the molecule is COc1ccccc1C=C1SC(=S)N(CCC(=O)NNC(=O)CSc2nc3ccccc3o2)C1=O. The van der Waals surface area contributed by atoms with Crippen LogP contribution in [0.15, 0.2) is 63.1 Å². The summed E-state index contributed by atoms with van der Waals surface area (Å²) in [6.07, 6.45) is 1.68. The van der Waals surface area contributed by atoms with Crippen LogP contribution in [0.4, 0.5) is 0 Å². The average molecular weight is 529 g/mol. The molecule has 1 saturated heterocycles. The van der Waals surface area contributed by atoms with E-state index in [4.69, 9.17) is 21.4 Å². The highest BCUT2D eigenvalue weighted by molar-refractivity contribution is 8.26. The highest BCUT2D eigenvalue weighted by Gasteiger charge is 2.32. The fraction of sp³-hybridized carbons (Fsp3) is 0.174. The molecule has 2 aromatic carbocycles. The van der Waals surface area contributed by atoms with E-state index >= 15 is 0 Å². The normalized spacial score (nSPS) is 14.5. The number of hydrogen-bond acceptors (Lipinski definition) is 9. The summed E-state index contributed by atoms with van der Waals surface area (Å²) in [6, 6.07) is 14.6. The van der Waals surface area contributed by atoms with Crippen molar-refractivity contribution in [2.24, 2.45) is 0 Å². The number of hydrazine groups is 1. The number of carbonyl (C=O) groups excluding carboxylic acids is 3. The first kappa shape index (κ1) is 24.8. The number of hydrogen-bond donors (Lipinski definition) is 2. The van der Waals surface area contributed by atoms with Gasteiger partial charge in [-0.05, 0) is 24.3 Å². The molecule has 4 rings (SSSR count). The van der Waals surface area contributed by atoms with Crippen LogP contribution in [0.1, 0.15) is 12.0 Å². The molecule has 0 bridgehead atoms. The molecular formula is C23H20N4O5S3. The van der Waals surface area contributed by atoms with Crippen LogP contribution in [-0.2, 0) is 14.4 Å². The fourth-order valence-electron chi connectivity index (χ4n) is 3.11. The van der Waals surface area contributed by atoms with Gasteiger partial charge in [-0.25, -0.2) is 4.98 Å². The Morgan fingerprint density at radius 2 is 1.91 bits per heavy atom. The predicted molar refractivity (Wildman–Crippen MR) is 139 cm³/mol. The lowest BCUT2D eigenvalue weighted by Crippen LogP contribution is -2.44. The van der Waals surface area contributed by atoms with Gasteiger partial charge in [-0.3, -0.25) is 30.1 Å². The van der Waals surface area contributed by atoms with E-state index in [2.05, 4.69) is 15.8 Å². The third-order valence-corrected chi connectivity index (χ3v) is 7.01. The highest BCUT2D eigenvalue weighted by Crippen LogP contribution is 2.34. The average Bonchev–Trinajstić information content (AvgIpc) is 3.40. The summed E-state index contributed by atoms with van der Waals surface area (Å²) < 4.78 is 11.2. The molecule has 12 heteroatoms. The van der Waals surface area contributed by atoms with Crippen LogP contribution >= 0.6 is 35.7 Å². The number of ether oxygens (including phenoxy) is 1. The number of thioether (sulfide) groups is 2. The van der Waals surface area contributed by atoms with Crippen LogP contribution < -0.4 is 15.6 Å². The number of thiocarbonyl (C=S) groups is 1. The summed E-state index contributed by atoms with van der Waals surface area (Å²) in [5, 5.41) is 0.364. The summed E-state index contributed by atoms with van der Waals surface area (Å²) in [5.74, 6) is -0.501. The zero-order chi connectivity index (χ0) is 24.8. The minimum atomic E-state index is -0.451. The molecule has 0 saturated carbocycles. The molecule has 3 amide bonds. The standard InChI is InChI=1S/C23H20N4O5S3/c1-31-16-8-4-2-6-14(16)12-18-21(30)27(23(33)35-18)11-10-19(28)25-26-20(29)13-34-22-24-15-7-3-5-9-17(15)32-22/h2-9,12H,10-11,13H2,1H3,(H,25,28)(H,26,29). The number of rotatable bonds is 8. The molecule has 3 aromatic rings. The zero-order valence-corrected chi connectivity index (χ0v) is 20.9. The van der Waals surface area contributed by atoms with Crippen LogP contribution in [-0.4, -0.2) is 51.3 Å². The number of oxazole rings is 1. The van der Waals surface area contributed by atoms with Gasteiger partial charge in [0.2, 0.25) is 11.8 Å². The van der Waals surface area contributed by atoms with Crippen molar-refractivity contribution < 1.29 is 23.5 Å². The van der Waals surface area contributed by atoms with Gasteiger partial charge in [0.25, 0.3) is 11.1 Å². The topological polar surface area (TPSA) is 114 Å². The molecule has 2 N–H and O–H groups in total. The highest BCUT2D eigenvalue weighted by atomic mass is 32.2. The summed E-state index contributed by atoms with van der Waals surface area (Å²) in [7, 11) is 1.56. The quantitative estimate of drug-likeness (QED) is 0.197. The van der Waals surface area contributed by atoms with Crippen LogP contribution in [0.5, 0.6) is 5.75 Å². The summed E-state index contributed by atoms with van der Waals surface area (Å²) in [6.45, 7) is 0.0906. The van der Waals surface area contributed by atoms with E-state index in [1.165, 1.54) is 16.7 Å². The van der Waals surface area contributed by atoms with Crippen molar-refractivity contribution in [1.82, 2.24) is 20.7 Å². The first-order valence-corrected chi connectivity index (χ1v) is 12.6. The van der Waals surface area contributed by atoms with Gasteiger partial charge in [-0.15, -0.1) is 0 Å². The Kier molecular flexibility index (Phi) is 8.06. The van der Waals surface area contributed by atoms with Gasteiger partial charge in [0.15, 0.2) is 5.58 Å². The van der Waals surface area contributed by atoms with E-state index in [0.29, 0.717) is 31.3 Å². The second kappa shape index (κ2) is 11.4. The number of fused-ring (bicyclic) bond motifs is 1. The molecule has 1 aliphatic heterocycles. The maximum Gasteiger partial charge on any atom is 0.266 e. The first-order chi connectivity index (χ1) is 16.9. The molecule has 0 unspecified atom stereocenters. The molecule has 1 aromatic heterocycles. The van der Waals surface area contributed by atoms with Crippen molar-refractivity contribution in [2.45, 2.75) is 11.6 Å². The Labute approximate surface area is 214 Å². The van der Waals surface area contributed by atoms with Gasteiger partial charge >= 0.3 is 0 Å². The summed E-state index contributed by atoms with van der Waals surface area (Å²) in [5.41, 5.74) is 6.78. The number of para-hydroxylation sites is 3. The number of amides is 3. The molecule has 0 aliphatic carbocycles. The monoisotopic (exact) mass is 528 g/mol. The van der Waals surface area contributed by atoms with E-state index < -0.39 is 11.8 Å². The lowest BCUT2D eigenvalue weighted by atomic mass is 10.2. The Morgan fingerprint density at radius 3 is 2.71 bits per heavy atom. The molecule has 2 heterocycles. The van der Waals surface area contributed by atoms with Crippen molar-refractivity contribution in [3.05, 3.63) is 59.0 Å². The van der Waals surface area contributed by atoms with Crippen LogP contribution in [0.2, 0.25) is 0 Å². The molecule has 35 heavy (non-hydrogen) atoms. The number of nitrogens with zero attached hydrogens (tertiary/aromatic N) is 2. The van der Waals surface area contributed by atoms with Crippen molar-refractivity contribution in [2.75, 3.05) is 19.4 Å². The molecule has 0 atom stereocenters. The van der Waals surface area contributed by atoms with Gasteiger partial charge < -0.3 is 9.15 Å².